The SMILES string of the molecule is COCCN1CC(C(=O)N2CCN(CC(F)(F)F)CC2)CC1=O. The van der Waals surface area contributed by atoms with E-state index >= 15 is 0 Å². The number of alkyl halides is 3. The fourth-order valence-electron chi connectivity index (χ4n) is 2.99. The third-order valence-electron chi connectivity index (χ3n) is 4.22. The van der Waals surface area contributed by atoms with Gasteiger partial charge in [0.2, 0.25) is 11.8 Å². The highest BCUT2D eigenvalue weighted by molar-refractivity contribution is 5.89. The summed E-state index contributed by atoms with van der Waals surface area (Å²) in [6.45, 7) is 1.26. The van der Waals surface area contributed by atoms with Crippen molar-refractivity contribution in [3.63, 3.8) is 0 Å². The lowest BCUT2D eigenvalue weighted by Crippen LogP contribution is -2.52. The Morgan fingerprint density at radius 3 is 2.48 bits per heavy atom. The van der Waals surface area contributed by atoms with E-state index in [1.54, 1.807) is 16.9 Å². The second-order valence-electron chi connectivity index (χ2n) is 5.95. The molecule has 0 spiro atoms. The van der Waals surface area contributed by atoms with Crippen LogP contribution in [0.1, 0.15) is 6.42 Å². The fraction of sp³-hybridized carbons (Fsp3) is 0.857. The van der Waals surface area contributed by atoms with Crippen LogP contribution in [0.4, 0.5) is 13.2 Å². The molecule has 9 heteroatoms. The van der Waals surface area contributed by atoms with Gasteiger partial charge in [-0.2, -0.15) is 13.2 Å². The minimum atomic E-state index is -4.22. The molecule has 23 heavy (non-hydrogen) atoms. The standard InChI is InChI=1S/C14H22F3N3O3/c1-23-7-6-20-9-11(8-12(20)21)13(22)19-4-2-18(3-5-19)10-14(15,16)17/h11H,2-10H2,1H3. The monoisotopic (exact) mass is 337 g/mol. The van der Waals surface area contributed by atoms with Crippen LogP contribution in [-0.4, -0.2) is 92.2 Å². The first-order chi connectivity index (χ1) is 10.8. The Balaban J connectivity index is 1.80. The molecule has 0 aromatic rings. The van der Waals surface area contributed by atoms with E-state index in [9.17, 15) is 22.8 Å². The van der Waals surface area contributed by atoms with Crippen molar-refractivity contribution in [1.82, 2.24) is 14.7 Å². The lowest BCUT2D eigenvalue weighted by Gasteiger charge is -2.36. The second kappa shape index (κ2) is 7.48. The number of piperazine rings is 1. The topological polar surface area (TPSA) is 53.1 Å². The van der Waals surface area contributed by atoms with Crippen LogP contribution in [0.3, 0.4) is 0 Å². The first kappa shape index (κ1) is 18.0. The number of hydrogen-bond acceptors (Lipinski definition) is 4. The number of ether oxygens (including phenoxy) is 1. The summed E-state index contributed by atoms with van der Waals surface area (Å²) in [5.41, 5.74) is 0. The zero-order valence-electron chi connectivity index (χ0n) is 13.1. The summed E-state index contributed by atoms with van der Waals surface area (Å²) >= 11 is 0. The normalized spacial score (nSPS) is 23.7. The summed E-state index contributed by atoms with van der Waals surface area (Å²) < 4.78 is 42.0. The number of halogens is 3. The van der Waals surface area contributed by atoms with Crippen molar-refractivity contribution in [2.24, 2.45) is 5.92 Å². The third-order valence-corrected chi connectivity index (χ3v) is 4.22. The summed E-state index contributed by atoms with van der Waals surface area (Å²) in [5.74, 6) is -0.602. The molecular formula is C14H22F3N3O3. The Morgan fingerprint density at radius 1 is 1.26 bits per heavy atom. The van der Waals surface area contributed by atoms with E-state index in [-0.39, 0.29) is 44.4 Å². The number of amides is 2. The fourth-order valence-corrected chi connectivity index (χ4v) is 2.99. The lowest BCUT2D eigenvalue weighted by atomic mass is 10.1. The number of carbonyl (C=O) groups is 2. The highest BCUT2D eigenvalue weighted by Crippen LogP contribution is 2.22. The Hall–Kier alpha value is -1.35. The molecule has 6 nitrogen and oxygen atoms in total. The summed E-state index contributed by atoms with van der Waals surface area (Å²) in [5, 5.41) is 0. The molecule has 1 unspecified atom stereocenters. The Morgan fingerprint density at radius 2 is 1.91 bits per heavy atom. The van der Waals surface area contributed by atoms with Crippen LogP contribution in [0, 0.1) is 5.92 Å². The van der Waals surface area contributed by atoms with E-state index in [1.165, 1.54) is 4.90 Å². The van der Waals surface area contributed by atoms with E-state index in [2.05, 4.69) is 0 Å². The molecule has 2 fully saturated rings. The van der Waals surface area contributed by atoms with Crippen molar-refractivity contribution in [1.29, 1.82) is 0 Å². The van der Waals surface area contributed by atoms with E-state index in [4.69, 9.17) is 4.74 Å². The molecule has 0 aromatic carbocycles. The molecule has 0 N–H and O–H groups in total. The van der Waals surface area contributed by atoms with Gasteiger partial charge in [-0.05, 0) is 0 Å². The smallest absolute Gasteiger partial charge is 0.383 e. The third kappa shape index (κ3) is 5.07. The summed E-state index contributed by atoms with van der Waals surface area (Å²) in [4.78, 5) is 28.8. The Bertz CT molecular complexity index is 437. The number of nitrogens with zero attached hydrogens (tertiary/aromatic N) is 3. The van der Waals surface area contributed by atoms with Gasteiger partial charge in [-0.3, -0.25) is 14.5 Å². The maximum absolute atomic E-state index is 12.4. The predicted molar refractivity (Wildman–Crippen MR) is 75.6 cm³/mol. The maximum Gasteiger partial charge on any atom is 0.401 e. The molecule has 1 atom stereocenters. The van der Waals surface area contributed by atoms with Gasteiger partial charge in [-0.1, -0.05) is 0 Å². The van der Waals surface area contributed by atoms with Gasteiger partial charge in [-0.15, -0.1) is 0 Å². The van der Waals surface area contributed by atoms with Crippen LogP contribution in [0.25, 0.3) is 0 Å². The molecule has 0 saturated carbocycles. The average molecular weight is 337 g/mol. The minimum Gasteiger partial charge on any atom is -0.383 e. The zero-order valence-corrected chi connectivity index (χ0v) is 13.1. The van der Waals surface area contributed by atoms with Crippen molar-refractivity contribution in [3.8, 4) is 0 Å². The van der Waals surface area contributed by atoms with Crippen molar-refractivity contribution in [2.45, 2.75) is 12.6 Å². The summed E-state index contributed by atoms with van der Waals surface area (Å²) in [6.07, 6.45) is -4.04. The van der Waals surface area contributed by atoms with Crippen molar-refractivity contribution < 1.29 is 27.5 Å². The zero-order chi connectivity index (χ0) is 17.0. The predicted octanol–water partition coefficient (Wildman–Crippen LogP) is 0.188. The molecular weight excluding hydrogens is 315 g/mol. The molecule has 2 aliphatic rings. The molecule has 0 aliphatic carbocycles. The molecule has 2 rings (SSSR count). The van der Waals surface area contributed by atoms with Crippen LogP contribution in [0.15, 0.2) is 0 Å². The van der Waals surface area contributed by atoms with E-state index < -0.39 is 18.6 Å². The Labute approximate surface area is 133 Å². The largest absolute Gasteiger partial charge is 0.401 e. The number of likely N-dealkylation sites (tertiary alicyclic amines) is 1. The maximum atomic E-state index is 12.4. The second-order valence-corrected chi connectivity index (χ2v) is 5.95. The van der Waals surface area contributed by atoms with Gasteiger partial charge in [0, 0.05) is 52.8 Å². The summed E-state index contributed by atoms with van der Waals surface area (Å²) in [6, 6.07) is 0. The number of hydrogen-bond donors (Lipinski definition) is 0. The molecule has 2 heterocycles. The molecule has 2 amide bonds. The summed E-state index contributed by atoms with van der Waals surface area (Å²) in [7, 11) is 1.55. The van der Waals surface area contributed by atoms with Crippen molar-refractivity contribution in [2.75, 3.05) is 59.5 Å². The molecule has 2 saturated heterocycles. The molecule has 2 aliphatic heterocycles. The molecule has 132 valence electrons. The number of methoxy groups -OCH3 is 1. The van der Waals surface area contributed by atoms with Crippen LogP contribution in [-0.2, 0) is 14.3 Å². The first-order valence-corrected chi connectivity index (χ1v) is 7.65. The average Bonchev–Trinajstić information content (AvgIpc) is 2.84. The lowest BCUT2D eigenvalue weighted by molar-refractivity contribution is -0.152. The highest BCUT2D eigenvalue weighted by atomic mass is 19.4. The van der Waals surface area contributed by atoms with Crippen LogP contribution in [0.5, 0.6) is 0 Å². The van der Waals surface area contributed by atoms with Crippen molar-refractivity contribution >= 4 is 11.8 Å². The van der Waals surface area contributed by atoms with E-state index in [0.717, 1.165) is 0 Å². The first-order valence-electron chi connectivity index (χ1n) is 7.65. The minimum absolute atomic E-state index is 0.0730. The molecule has 0 bridgehead atoms. The van der Waals surface area contributed by atoms with E-state index in [1.807, 2.05) is 0 Å². The highest BCUT2D eigenvalue weighted by Gasteiger charge is 2.38. The van der Waals surface area contributed by atoms with Crippen LogP contribution in [0.2, 0.25) is 0 Å². The molecule has 0 radical (unpaired) electrons. The van der Waals surface area contributed by atoms with Gasteiger partial charge in [0.1, 0.15) is 0 Å². The van der Waals surface area contributed by atoms with E-state index in [0.29, 0.717) is 19.7 Å². The quantitative estimate of drug-likeness (QED) is 0.719. The van der Waals surface area contributed by atoms with Gasteiger partial charge in [0.05, 0.1) is 19.1 Å². The van der Waals surface area contributed by atoms with Gasteiger partial charge >= 0.3 is 6.18 Å². The van der Waals surface area contributed by atoms with Crippen molar-refractivity contribution in [3.05, 3.63) is 0 Å². The van der Waals surface area contributed by atoms with Gasteiger partial charge < -0.3 is 14.5 Å². The van der Waals surface area contributed by atoms with Gasteiger partial charge in [0.25, 0.3) is 0 Å². The number of rotatable bonds is 5. The van der Waals surface area contributed by atoms with Gasteiger partial charge in [-0.25, -0.2) is 0 Å². The van der Waals surface area contributed by atoms with Crippen LogP contribution >= 0.6 is 0 Å². The Kier molecular flexibility index (Phi) is 5.85. The van der Waals surface area contributed by atoms with Gasteiger partial charge in [0.15, 0.2) is 0 Å². The number of carbonyl (C=O) groups excluding carboxylic acids is 2. The molecule has 0 aromatic heterocycles. The van der Waals surface area contributed by atoms with Crippen LogP contribution < -0.4 is 0 Å².